The molecule has 0 fully saturated rings. The Morgan fingerprint density at radius 3 is 2.54 bits per heavy atom. The number of fused-ring (bicyclic) bond motifs is 1. The summed E-state index contributed by atoms with van der Waals surface area (Å²) in [4.78, 5) is 24.4. The lowest BCUT2D eigenvalue weighted by atomic mass is 10.0. The van der Waals surface area contributed by atoms with Crippen LogP contribution in [0, 0.1) is 0 Å². The lowest BCUT2D eigenvalue weighted by Gasteiger charge is -2.17. The number of hydrazone groups is 1. The molecule has 4 N–H and O–H groups in total. The molecule has 2 aromatic carbocycles. The highest BCUT2D eigenvalue weighted by atomic mass is 16.2. The van der Waals surface area contributed by atoms with E-state index in [0.717, 1.165) is 11.3 Å². The summed E-state index contributed by atoms with van der Waals surface area (Å²) >= 11 is 0. The van der Waals surface area contributed by atoms with Crippen molar-refractivity contribution >= 4 is 35.2 Å². The first-order valence-electron chi connectivity index (χ1n) is 8.00. The van der Waals surface area contributed by atoms with Gasteiger partial charge in [-0.05, 0) is 29.8 Å². The normalized spacial score (nSPS) is 17.7. The number of rotatable bonds is 1. The number of nitrogens with zero attached hydrogens (tertiary/aromatic N) is 1. The van der Waals surface area contributed by atoms with E-state index in [2.05, 4.69) is 26.5 Å². The highest BCUT2D eigenvalue weighted by Gasteiger charge is 2.28. The minimum absolute atomic E-state index is 0.162. The van der Waals surface area contributed by atoms with E-state index in [0.29, 0.717) is 11.4 Å². The van der Waals surface area contributed by atoms with Gasteiger partial charge in [-0.3, -0.25) is 10.1 Å². The SMILES string of the molecule is O=C(NC1=NNC(=O)C1=C1C=Cc2ccccc2N1)Nc1ccccc1. The van der Waals surface area contributed by atoms with Crippen LogP contribution in [0.15, 0.2) is 77.0 Å². The summed E-state index contributed by atoms with van der Waals surface area (Å²) in [5, 5.41) is 12.4. The second kappa shape index (κ2) is 6.56. The number of hydrogen-bond donors (Lipinski definition) is 4. The molecule has 26 heavy (non-hydrogen) atoms. The van der Waals surface area contributed by atoms with E-state index in [4.69, 9.17) is 0 Å². The predicted molar refractivity (Wildman–Crippen MR) is 100 cm³/mol. The van der Waals surface area contributed by atoms with E-state index in [1.807, 2.05) is 48.5 Å². The van der Waals surface area contributed by atoms with Gasteiger partial charge in [0.1, 0.15) is 5.57 Å². The van der Waals surface area contributed by atoms with Crippen LogP contribution in [0.1, 0.15) is 5.56 Å². The molecule has 0 saturated heterocycles. The quantitative estimate of drug-likeness (QED) is 0.599. The van der Waals surface area contributed by atoms with Crippen molar-refractivity contribution in [2.24, 2.45) is 5.10 Å². The Bertz CT molecular complexity index is 976. The molecular weight excluding hydrogens is 330 g/mol. The summed E-state index contributed by atoms with van der Waals surface area (Å²) in [7, 11) is 0. The van der Waals surface area contributed by atoms with Gasteiger partial charge in [-0.15, -0.1) is 0 Å². The highest BCUT2D eigenvalue weighted by molar-refractivity contribution is 6.28. The fourth-order valence-electron chi connectivity index (χ4n) is 2.72. The molecule has 4 rings (SSSR count). The van der Waals surface area contributed by atoms with Crippen molar-refractivity contribution in [2.45, 2.75) is 0 Å². The molecule has 0 radical (unpaired) electrons. The zero-order valence-corrected chi connectivity index (χ0v) is 13.6. The molecule has 3 amide bonds. The number of hydrogen-bond acceptors (Lipinski definition) is 4. The fraction of sp³-hybridized carbons (Fsp3) is 0. The van der Waals surface area contributed by atoms with Gasteiger partial charge in [0.05, 0.1) is 5.70 Å². The van der Waals surface area contributed by atoms with Crippen LogP contribution in [0.4, 0.5) is 16.2 Å². The van der Waals surface area contributed by atoms with Gasteiger partial charge in [0, 0.05) is 11.4 Å². The standard InChI is InChI=1S/C19H15N5O2/c25-18-16(15-11-10-12-6-4-5-9-14(12)21-15)17(23-24-18)22-19(26)20-13-7-2-1-3-8-13/h1-11,21H,(H,24,25)(H2,20,22,23,26). The van der Waals surface area contributed by atoms with Crippen molar-refractivity contribution in [3.63, 3.8) is 0 Å². The Hall–Kier alpha value is -3.87. The zero-order chi connectivity index (χ0) is 17.9. The van der Waals surface area contributed by atoms with Crippen LogP contribution in [0.5, 0.6) is 0 Å². The van der Waals surface area contributed by atoms with E-state index in [-0.39, 0.29) is 17.3 Å². The summed E-state index contributed by atoms with van der Waals surface area (Å²) in [5.41, 5.74) is 5.77. The van der Waals surface area contributed by atoms with Crippen LogP contribution in [0.3, 0.4) is 0 Å². The lowest BCUT2D eigenvalue weighted by Crippen LogP contribution is -2.36. The van der Waals surface area contributed by atoms with Gasteiger partial charge in [-0.2, -0.15) is 5.10 Å². The lowest BCUT2D eigenvalue weighted by molar-refractivity contribution is -0.116. The molecule has 7 nitrogen and oxygen atoms in total. The number of amides is 3. The first kappa shape index (κ1) is 15.6. The molecule has 2 heterocycles. The van der Waals surface area contributed by atoms with E-state index in [1.54, 1.807) is 18.2 Å². The maximum Gasteiger partial charge on any atom is 0.324 e. The van der Waals surface area contributed by atoms with Crippen molar-refractivity contribution < 1.29 is 9.59 Å². The Balaban J connectivity index is 1.56. The van der Waals surface area contributed by atoms with Crippen LogP contribution >= 0.6 is 0 Å². The molecule has 7 heteroatoms. The first-order chi connectivity index (χ1) is 12.7. The van der Waals surface area contributed by atoms with Crippen LogP contribution < -0.4 is 21.4 Å². The molecule has 0 bridgehead atoms. The number of carbonyl (C=O) groups excluding carboxylic acids is 2. The molecule has 0 aromatic heterocycles. The van der Waals surface area contributed by atoms with Crippen molar-refractivity contribution in [1.29, 1.82) is 0 Å². The molecule has 0 aliphatic carbocycles. The molecule has 0 unspecified atom stereocenters. The Morgan fingerprint density at radius 2 is 1.69 bits per heavy atom. The van der Waals surface area contributed by atoms with Gasteiger partial charge in [0.2, 0.25) is 0 Å². The zero-order valence-electron chi connectivity index (χ0n) is 13.6. The van der Waals surface area contributed by atoms with Crippen LogP contribution in [0.2, 0.25) is 0 Å². The van der Waals surface area contributed by atoms with E-state index in [1.165, 1.54) is 0 Å². The maximum atomic E-state index is 12.2. The minimum atomic E-state index is -0.482. The third-order valence-corrected chi connectivity index (χ3v) is 3.93. The van der Waals surface area contributed by atoms with Gasteiger partial charge < -0.3 is 10.6 Å². The summed E-state index contributed by atoms with van der Waals surface area (Å²) in [6.07, 6.45) is 3.69. The average molecular weight is 345 g/mol. The fourth-order valence-corrected chi connectivity index (χ4v) is 2.72. The molecule has 0 saturated carbocycles. The average Bonchev–Trinajstić information content (AvgIpc) is 3.02. The smallest absolute Gasteiger partial charge is 0.324 e. The molecule has 0 spiro atoms. The summed E-state index contributed by atoms with van der Waals surface area (Å²) < 4.78 is 0. The molecule has 2 aliphatic heterocycles. The summed E-state index contributed by atoms with van der Waals surface area (Å²) in [5.74, 6) is -0.221. The van der Waals surface area contributed by atoms with Crippen molar-refractivity contribution in [3.05, 3.63) is 77.5 Å². The molecule has 2 aromatic rings. The molecule has 2 aliphatic rings. The first-order valence-corrected chi connectivity index (χ1v) is 8.00. The van der Waals surface area contributed by atoms with Gasteiger partial charge in [-0.1, -0.05) is 42.5 Å². The van der Waals surface area contributed by atoms with Crippen molar-refractivity contribution in [1.82, 2.24) is 10.7 Å². The number of para-hydroxylation sites is 2. The second-order valence-corrected chi connectivity index (χ2v) is 5.68. The third kappa shape index (κ3) is 3.05. The third-order valence-electron chi connectivity index (χ3n) is 3.93. The monoisotopic (exact) mass is 345 g/mol. The van der Waals surface area contributed by atoms with E-state index < -0.39 is 6.03 Å². The topological polar surface area (TPSA) is 94.6 Å². The predicted octanol–water partition coefficient (Wildman–Crippen LogP) is 2.64. The van der Waals surface area contributed by atoms with Gasteiger partial charge in [0.25, 0.3) is 5.91 Å². The molecule has 0 atom stereocenters. The van der Waals surface area contributed by atoms with Crippen molar-refractivity contribution in [3.8, 4) is 0 Å². The van der Waals surface area contributed by atoms with E-state index in [9.17, 15) is 9.59 Å². The molecular formula is C19H15N5O2. The number of allylic oxidation sites excluding steroid dienone is 1. The van der Waals surface area contributed by atoms with Gasteiger partial charge in [0.15, 0.2) is 5.84 Å². The summed E-state index contributed by atoms with van der Waals surface area (Å²) in [6, 6.07) is 16.3. The Kier molecular flexibility index (Phi) is 3.95. The van der Waals surface area contributed by atoms with Crippen LogP contribution in [-0.2, 0) is 4.79 Å². The number of benzene rings is 2. The minimum Gasteiger partial charge on any atom is -0.354 e. The van der Waals surface area contributed by atoms with Gasteiger partial charge >= 0.3 is 6.03 Å². The largest absolute Gasteiger partial charge is 0.354 e. The number of amidine groups is 1. The Morgan fingerprint density at radius 1 is 0.923 bits per heavy atom. The number of nitrogens with one attached hydrogen (secondary N) is 4. The second-order valence-electron chi connectivity index (χ2n) is 5.68. The molecule has 128 valence electrons. The van der Waals surface area contributed by atoms with Gasteiger partial charge in [-0.25, -0.2) is 10.2 Å². The number of anilines is 2. The Labute approximate surface area is 149 Å². The van der Waals surface area contributed by atoms with E-state index >= 15 is 0 Å². The maximum absolute atomic E-state index is 12.2. The number of carbonyl (C=O) groups is 2. The van der Waals surface area contributed by atoms with Crippen LogP contribution in [0.25, 0.3) is 6.08 Å². The summed E-state index contributed by atoms with van der Waals surface area (Å²) in [6.45, 7) is 0. The van der Waals surface area contributed by atoms with Crippen molar-refractivity contribution in [2.75, 3.05) is 10.6 Å². The number of urea groups is 1. The highest BCUT2D eigenvalue weighted by Crippen LogP contribution is 2.26. The van der Waals surface area contributed by atoms with Crippen LogP contribution in [-0.4, -0.2) is 17.8 Å².